The third-order valence-electron chi connectivity index (χ3n) is 2.73. The van der Waals surface area contributed by atoms with Crippen molar-refractivity contribution in [3.05, 3.63) is 58.4 Å². The van der Waals surface area contributed by atoms with Crippen LogP contribution in [0.2, 0.25) is 5.02 Å². The molecule has 2 N–H and O–H groups in total. The number of hydrogen-bond donors (Lipinski definition) is 1. The van der Waals surface area contributed by atoms with Crippen LogP contribution in [0.4, 0.5) is 5.69 Å². The number of aryl methyl sites for hydroxylation is 1. The van der Waals surface area contributed by atoms with Gasteiger partial charge in [-0.05, 0) is 30.7 Å². The van der Waals surface area contributed by atoms with Crippen molar-refractivity contribution in [2.24, 2.45) is 0 Å². The van der Waals surface area contributed by atoms with Crippen LogP contribution in [0.1, 0.15) is 21.5 Å². The molecule has 0 amide bonds. The van der Waals surface area contributed by atoms with Crippen LogP contribution in [0, 0.1) is 6.92 Å². The van der Waals surface area contributed by atoms with Crippen molar-refractivity contribution in [3.63, 3.8) is 0 Å². The maximum Gasteiger partial charge on any atom is 0.338 e. The van der Waals surface area contributed by atoms with E-state index >= 15 is 0 Å². The highest BCUT2D eigenvalue weighted by molar-refractivity contribution is 6.31. The van der Waals surface area contributed by atoms with Crippen molar-refractivity contribution in [2.45, 2.75) is 13.5 Å². The minimum Gasteiger partial charge on any atom is -0.457 e. The average Bonchev–Trinajstić information content (AvgIpc) is 2.40. The van der Waals surface area contributed by atoms with Gasteiger partial charge in [0.25, 0.3) is 0 Å². The van der Waals surface area contributed by atoms with E-state index in [2.05, 4.69) is 4.98 Å². The van der Waals surface area contributed by atoms with Crippen molar-refractivity contribution in [1.29, 1.82) is 0 Å². The van der Waals surface area contributed by atoms with E-state index in [0.29, 0.717) is 21.8 Å². The van der Waals surface area contributed by atoms with Crippen molar-refractivity contribution in [3.8, 4) is 0 Å². The second-order valence-corrected chi connectivity index (χ2v) is 4.52. The molecule has 0 radical (unpaired) electrons. The van der Waals surface area contributed by atoms with Gasteiger partial charge in [0.1, 0.15) is 6.61 Å². The number of benzene rings is 1. The summed E-state index contributed by atoms with van der Waals surface area (Å²) in [5, 5.41) is 0.471. The number of carbonyl (C=O) groups excluding carboxylic acids is 1. The van der Waals surface area contributed by atoms with E-state index in [-0.39, 0.29) is 6.61 Å². The highest BCUT2D eigenvalue weighted by Crippen LogP contribution is 2.17. The average molecular weight is 277 g/mol. The molecule has 0 bridgehead atoms. The molecule has 5 heteroatoms. The molecule has 2 rings (SSSR count). The van der Waals surface area contributed by atoms with E-state index in [1.165, 1.54) is 6.20 Å². The molecule has 2 aromatic rings. The Kier molecular flexibility index (Phi) is 4.02. The van der Waals surface area contributed by atoms with E-state index in [0.717, 1.165) is 5.56 Å². The van der Waals surface area contributed by atoms with E-state index in [9.17, 15) is 4.79 Å². The van der Waals surface area contributed by atoms with Gasteiger partial charge in [0.05, 0.1) is 10.6 Å². The quantitative estimate of drug-likeness (QED) is 0.691. The largest absolute Gasteiger partial charge is 0.457 e. The second kappa shape index (κ2) is 5.71. The molecule has 0 fully saturated rings. The lowest BCUT2D eigenvalue weighted by Crippen LogP contribution is -2.06. The number of esters is 1. The first kappa shape index (κ1) is 13.4. The molecule has 0 atom stereocenters. The molecule has 19 heavy (non-hydrogen) atoms. The summed E-state index contributed by atoms with van der Waals surface area (Å²) < 4.78 is 5.18. The number of nitrogens with two attached hydrogens (primary N) is 1. The Morgan fingerprint density at radius 3 is 2.89 bits per heavy atom. The Labute approximate surface area is 116 Å². The van der Waals surface area contributed by atoms with E-state index in [1.54, 1.807) is 30.5 Å². The predicted molar refractivity (Wildman–Crippen MR) is 74.0 cm³/mol. The van der Waals surface area contributed by atoms with Gasteiger partial charge in [-0.3, -0.25) is 4.98 Å². The summed E-state index contributed by atoms with van der Waals surface area (Å²) in [4.78, 5) is 15.7. The van der Waals surface area contributed by atoms with Crippen LogP contribution in [-0.2, 0) is 11.3 Å². The van der Waals surface area contributed by atoms with Crippen LogP contribution in [0.25, 0.3) is 0 Å². The van der Waals surface area contributed by atoms with Crippen LogP contribution < -0.4 is 5.73 Å². The zero-order valence-electron chi connectivity index (χ0n) is 10.4. The Morgan fingerprint density at radius 2 is 2.21 bits per heavy atom. The van der Waals surface area contributed by atoms with E-state index < -0.39 is 5.97 Å². The molecular weight excluding hydrogens is 264 g/mol. The first-order valence-electron chi connectivity index (χ1n) is 5.69. The fraction of sp³-hybridized carbons (Fsp3) is 0.143. The maximum absolute atomic E-state index is 11.9. The van der Waals surface area contributed by atoms with E-state index in [1.807, 2.05) is 6.92 Å². The van der Waals surface area contributed by atoms with Gasteiger partial charge in [-0.1, -0.05) is 17.7 Å². The fourth-order valence-electron chi connectivity index (χ4n) is 1.52. The number of ether oxygens (including phenoxy) is 1. The minimum atomic E-state index is -0.431. The molecule has 0 aliphatic heterocycles. The molecular formula is C14H13ClN2O2. The van der Waals surface area contributed by atoms with Gasteiger partial charge in [0, 0.05) is 23.6 Å². The van der Waals surface area contributed by atoms with Gasteiger partial charge in [-0.2, -0.15) is 0 Å². The Bertz CT molecular complexity index is 614. The number of hydrogen-bond acceptors (Lipinski definition) is 4. The number of nitrogens with zero attached hydrogens (tertiary/aromatic N) is 1. The predicted octanol–water partition coefficient (Wildman–Crippen LogP) is 2.98. The summed E-state index contributed by atoms with van der Waals surface area (Å²) in [5.41, 5.74) is 8.38. The third kappa shape index (κ3) is 3.23. The zero-order valence-corrected chi connectivity index (χ0v) is 11.1. The monoisotopic (exact) mass is 276 g/mol. The minimum absolute atomic E-state index is 0.105. The second-order valence-electron chi connectivity index (χ2n) is 4.11. The summed E-state index contributed by atoms with van der Waals surface area (Å²) in [5.74, 6) is -0.431. The van der Waals surface area contributed by atoms with Gasteiger partial charge in [0.2, 0.25) is 0 Å². The third-order valence-corrected chi connectivity index (χ3v) is 3.07. The number of rotatable bonds is 3. The number of nitrogen functional groups attached to an aromatic ring is 1. The molecule has 4 nitrogen and oxygen atoms in total. The first-order chi connectivity index (χ1) is 9.08. The zero-order chi connectivity index (χ0) is 13.8. The molecule has 0 saturated carbocycles. The van der Waals surface area contributed by atoms with Crippen molar-refractivity contribution < 1.29 is 9.53 Å². The highest BCUT2D eigenvalue weighted by atomic mass is 35.5. The molecule has 0 aliphatic rings. The van der Waals surface area contributed by atoms with Crippen molar-refractivity contribution >= 4 is 23.3 Å². The standard InChI is InChI=1S/C14H13ClN2O2/c1-9-2-3-10(6-13(9)16)14(18)19-8-11-4-5-17-7-12(11)15/h2-7H,8,16H2,1H3. The van der Waals surface area contributed by atoms with Crippen molar-refractivity contribution in [2.75, 3.05) is 5.73 Å². The van der Waals surface area contributed by atoms with Gasteiger partial charge in [-0.15, -0.1) is 0 Å². The highest BCUT2D eigenvalue weighted by Gasteiger charge is 2.09. The summed E-state index contributed by atoms with van der Waals surface area (Å²) in [7, 11) is 0. The van der Waals surface area contributed by atoms with Gasteiger partial charge >= 0.3 is 5.97 Å². The van der Waals surface area contributed by atoms with Crippen LogP contribution in [0.3, 0.4) is 0 Å². The number of pyridine rings is 1. The number of aromatic nitrogens is 1. The molecule has 1 aromatic carbocycles. The lowest BCUT2D eigenvalue weighted by atomic mass is 10.1. The first-order valence-corrected chi connectivity index (χ1v) is 6.07. The SMILES string of the molecule is Cc1ccc(C(=O)OCc2ccncc2Cl)cc1N. The molecule has 0 aliphatic carbocycles. The Morgan fingerprint density at radius 1 is 1.42 bits per heavy atom. The van der Waals surface area contributed by atoms with E-state index in [4.69, 9.17) is 22.1 Å². The maximum atomic E-state index is 11.9. The van der Waals surface area contributed by atoms with Crippen LogP contribution in [0.15, 0.2) is 36.7 Å². The number of anilines is 1. The molecule has 0 saturated heterocycles. The normalized spacial score (nSPS) is 10.2. The smallest absolute Gasteiger partial charge is 0.338 e. The van der Waals surface area contributed by atoms with Gasteiger partial charge in [-0.25, -0.2) is 4.79 Å². The van der Waals surface area contributed by atoms with Crippen LogP contribution in [-0.4, -0.2) is 11.0 Å². The summed E-state index contributed by atoms with van der Waals surface area (Å²) in [6.07, 6.45) is 3.10. The van der Waals surface area contributed by atoms with Crippen LogP contribution >= 0.6 is 11.6 Å². The summed E-state index contributed by atoms with van der Waals surface area (Å²) in [6.45, 7) is 1.98. The number of carbonyl (C=O) groups is 1. The lowest BCUT2D eigenvalue weighted by molar-refractivity contribution is 0.0473. The summed E-state index contributed by atoms with van der Waals surface area (Å²) >= 11 is 5.93. The molecule has 1 heterocycles. The van der Waals surface area contributed by atoms with Gasteiger partial charge in [0.15, 0.2) is 0 Å². The van der Waals surface area contributed by atoms with Crippen molar-refractivity contribution in [1.82, 2.24) is 4.98 Å². The Balaban J connectivity index is 2.05. The molecule has 0 unspecified atom stereocenters. The molecule has 1 aromatic heterocycles. The lowest BCUT2D eigenvalue weighted by Gasteiger charge is -2.07. The number of halogens is 1. The summed E-state index contributed by atoms with van der Waals surface area (Å²) in [6, 6.07) is 6.78. The fourth-order valence-corrected chi connectivity index (χ4v) is 1.69. The van der Waals surface area contributed by atoms with Crippen LogP contribution in [0.5, 0.6) is 0 Å². The topological polar surface area (TPSA) is 65.2 Å². The molecule has 98 valence electrons. The molecule has 0 spiro atoms. The Hall–Kier alpha value is -2.07. The van der Waals surface area contributed by atoms with Gasteiger partial charge < -0.3 is 10.5 Å².